The Kier molecular flexibility index (Phi) is 7.16. The summed E-state index contributed by atoms with van der Waals surface area (Å²) in [6.45, 7) is 13.6. The zero-order valence-corrected chi connectivity index (χ0v) is 20.0. The van der Waals surface area contributed by atoms with Crippen molar-refractivity contribution in [3.63, 3.8) is 0 Å². The van der Waals surface area contributed by atoms with Crippen LogP contribution in [0.2, 0.25) is 0 Å². The fourth-order valence-corrected chi connectivity index (χ4v) is 4.25. The molecule has 0 saturated heterocycles. The predicted octanol–water partition coefficient (Wildman–Crippen LogP) is 7.84. The van der Waals surface area contributed by atoms with E-state index in [1.165, 1.54) is 38.9 Å². The van der Waals surface area contributed by atoms with E-state index in [0.717, 1.165) is 31.2 Å². The summed E-state index contributed by atoms with van der Waals surface area (Å²) >= 11 is 0. The highest BCUT2D eigenvalue weighted by Gasteiger charge is 2.22. The van der Waals surface area contributed by atoms with Crippen molar-refractivity contribution in [2.24, 2.45) is 11.3 Å². The summed E-state index contributed by atoms with van der Waals surface area (Å²) in [4.78, 5) is 5.19. The molecule has 3 aromatic rings. The molecule has 3 rings (SSSR count). The summed E-state index contributed by atoms with van der Waals surface area (Å²) in [5, 5.41) is 10.2. The maximum Gasteiger partial charge on any atom is 0.0711 e. The minimum Gasteiger partial charge on any atom is -0.253 e. The van der Waals surface area contributed by atoms with Gasteiger partial charge < -0.3 is 0 Å². The van der Waals surface area contributed by atoms with Gasteiger partial charge in [-0.2, -0.15) is 5.26 Å². The number of pyridine rings is 1. The lowest BCUT2D eigenvalue weighted by molar-refractivity contribution is 0.408. The Labute approximate surface area is 188 Å². The molecule has 1 heterocycles. The summed E-state index contributed by atoms with van der Waals surface area (Å²) in [5.41, 5.74) is 9.07. The molecule has 1 aromatic heterocycles. The lowest BCUT2D eigenvalue weighted by atomic mass is 9.81. The van der Waals surface area contributed by atoms with Crippen LogP contribution in [-0.2, 0) is 19.3 Å². The van der Waals surface area contributed by atoms with Crippen molar-refractivity contribution in [1.29, 1.82) is 5.26 Å². The summed E-state index contributed by atoms with van der Waals surface area (Å²) in [6, 6.07) is 17.9. The highest BCUT2D eigenvalue weighted by molar-refractivity contribution is 5.97. The first-order valence-corrected chi connectivity index (χ1v) is 11.6. The molecule has 0 atom stereocenters. The van der Waals surface area contributed by atoms with Crippen LogP contribution in [0, 0.1) is 29.6 Å². The Bertz CT molecular complexity index is 1080. The number of nitriles is 1. The Balaban J connectivity index is 2.30. The van der Waals surface area contributed by atoms with E-state index < -0.39 is 0 Å². The topological polar surface area (TPSA) is 36.7 Å². The van der Waals surface area contributed by atoms with E-state index in [4.69, 9.17) is 10.2 Å². The van der Waals surface area contributed by atoms with E-state index in [2.05, 4.69) is 90.1 Å². The molecule has 0 saturated carbocycles. The van der Waals surface area contributed by atoms with Crippen LogP contribution in [0.3, 0.4) is 0 Å². The van der Waals surface area contributed by atoms with Crippen LogP contribution in [-0.4, -0.2) is 4.98 Å². The van der Waals surface area contributed by atoms with Gasteiger partial charge >= 0.3 is 0 Å². The van der Waals surface area contributed by atoms with Crippen LogP contribution in [0.4, 0.5) is 0 Å². The number of hydrogen-bond donors (Lipinski definition) is 0. The van der Waals surface area contributed by atoms with Crippen LogP contribution in [0.15, 0.2) is 42.5 Å². The molecule has 0 unspecified atom stereocenters. The minimum absolute atomic E-state index is 0.172. The molecule has 0 fully saturated rings. The molecule has 162 valence electrons. The number of fused-ring (bicyclic) bond motifs is 1. The minimum atomic E-state index is 0.172. The largest absolute Gasteiger partial charge is 0.253 e. The van der Waals surface area contributed by atoms with Gasteiger partial charge in [-0.25, -0.2) is 0 Å². The molecule has 2 heteroatoms. The Morgan fingerprint density at radius 1 is 1.03 bits per heavy atom. The van der Waals surface area contributed by atoms with Crippen molar-refractivity contribution >= 4 is 10.9 Å². The number of hydrogen-bond acceptors (Lipinski definition) is 2. The van der Waals surface area contributed by atoms with Gasteiger partial charge in [0.15, 0.2) is 0 Å². The molecular formula is C29H36N2. The third-order valence-corrected chi connectivity index (χ3v) is 5.64. The van der Waals surface area contributed by atoms with Crippen LogP contribution in [0.25, 0.3) is 22.0 Å². The van der Waals surface area contributed by atoms with Crippen molar-refractivity contribution in [1.82, 2.24) is 4.98 Å². The van der Waals surface area contributed by atoms with Gasteiger partial charge in [0, 0.05) is 17.5 Å². The molecule has 0 N–H and O–H groups in total. The monoisotopic (exact) mass is 412 g/mol. The van der Waals surface area contributed by atoms with E-state index in [-0.39, 0.29) is 5.41 Å². The quantitative estimate of drug-likeness (QED) is 0.370. The molecule has 2 aromatic carbocycles. The Morgan fingerprint density at radius 2 is 1.74 bits per heavy atom. The zero-order chi connectivity index (χ0) is 22.6. The second kappa shape index (κ2) is 9.65. The fourth-order valence-electron chi connectivity index (χ4n) is 4.25. The summed E-state index contributed by atoms with van der Waals surface area (Å²) in [6.07, 6.45) is 4.42. The average molecular weight is 413 g/mol. The smallest absolute Gasteiger partial charge is 0.0711 e. The SMILES string of the molecule is Cc1ccc(-c2c(CC(C)(C)C)c(CC(C)C)nc3ccc(CCCC#N)cc23)cc1. The van der Waals surface area contributed by atoms with Crippen molar-refractivity contribution < 1.29 is 0 Å². The van der Waals surface area contributed by atoms with E-state index in [1.54, 1.807) is 0 Å². The number of rotatable bonds is 7. The third-order valence-electron chi connectivity index (χ3n) is 5.64. The molecule has 0 radical (unpaired) electrons. The fraction of sp³-hybridized carbons (Fsp3) is 0.448. The van der Waals surface area contributed by atoms with Gasteiger partial charge in [0.1, 0.15) is 0 Å². The van der Waals surface area contributed by atoms with Gasteiger partial charge in [-0.15, -0.1) is 0 Å². The molecule has 0 aliphatic carbocycles. The lowest BCUT2D eigenvalue weighted by Gasteiger charge is -2.25. The van der Waals surface area contributed by atoms with Crippen molar-refractivity contribution in [2.75, 3.05) is 0 Å². The highest BCUT2D eigenvalue weighted by Crippen LogP contribution is 2.38. The van der Waals surface area contributed by atoms with Crippen LogP contribution in [0.5, 0.6) is 0 Å². The normalized spacial score (nSPS) is 11.8. The van der Waals surface area contributed by atoms with Crippen molar-refractivity contribution in [3.8, 4) is 17.2 Å². The number of benzene rings is 2. The number of aryl methyl sites for hydroxylation is 2. The maximum absolute atomic E-state index is 8.92. The molecule has 0 amide bonds. The van der Waals surface area contributed by atoms with Crippen molar-refractivity contribution in [2.45, 2.75) is 73.6 Å². The van der Waals surface area contributed by atoms with Crippen LogP contribution in [0.1, 0.15) is 69.8 Å². The van der Waals surface area contributed by atoms with E-state index in [0.29, 0.717) is 12.3 Å². The predicted molar refractivity (Wildman–Crippen MR) is 132 cm³/mol. The van der Waals surface area contributed by atoms with E-state index in [1.807, 2.05) is 0 Å². The second-order valence-corrected chi connectivity index (χ2v) is 10.5. The molecule has 0 aliphatic rings. The van der Waals surface area contributed by atoms with E-state index >= 15 is 0 Å². The van der Waals surface area contributed by atoms with E-state index in [9.17, 15) is 0 Å². The molecule has 31 heavy (non-hydrogen) atoms. The first-order valence-electron chi connectivity index (χ1n) is 11.6. The maximum atomic E-state index is 8.92. The third kappa shape index (κ3) is 5.95. The zero-order valence-electron chi connectivity index (χ0n) is 20.0. The van der Waals surface area contributed by atoms with Gasteiger partial charge in [-0.05, 0) is 78.3 Å². The van der Waals surface area contributed by atoms with Gasteiger partial charge in [0.25, 0.3) is 0 Å². The molecule has 0 bridgehead atoms. The molecule has 0 spiro atoms. The molecular weight excluding hydrogens is 376 g/mol. The molecule has 0 aliphatic heterocycles. The molecule has 2 nitrogen and oxygen atoms in total. The van der Waals surface area contributed by atoms with Crippen molar-refractivity contribution in [3.05, 3.63) is 64.8 Å². The number of unbranched alkanes of at least 4 members (excludes halogenated alkanes) is 1. The summed E-state index contributed by atoms with van der Waals surface area (Å²) in [5.74, 6) is 0.555. The first kappa shape index (κ1) is 23.0. The van der Waals surface area contributed by atoms with Crippen LogP contribution < -0.4 is 0 Å². The first-order chi connectivity index (χ1) is 14.7. The Hall–Kier alpha value is -2.66. The average Bonchev–Trinajstić information content (AvgIpc) is 2.68. The summed E-state index contributed by atoms with van der Waals surface area (Å²) < 4.78 is 0. The van der Waals surface area contributed by atoms with Crippen LogP contribution >= 0.6 is 0 Å². The van der Waals surface area contributed by atoms with Gasteiger partial charge in [0.05, 0.1) is 11.6 Å². The second-order valence-electron chi connectivity index (χ2n) is 10.5. The van der Waals surface area contributed by atoms with Gasteiger partial charge in [-0.1, -0.05) is 70.5 Å². The summed E-state index contributed by atoms with van der Waals surface area (Å²) in [7, 11) is 0. The highest BCUT2D eigenvalue weighted by atomic mass is 14.7. The number of aromatic nitrogens is 1. The van der Waals surface area contributed by atoms with Gasteiger partial charge in [-0.3, -0.25) is 4.98 Å². The lowest BCUT2D eigenvalue weighted by Crippen LogP contribution is -2.15. The standard InChI is InChI=1S/C29H36N2/c1-20(2)17-27-25(19-29(4,5)6)28(23-13-10-21(3)11-14-23)24-18-22(9-7-8-16-30)12-15-26(24)31-27/h10-15,18,20H,7-9,17,19H2,1-6H3. The Morgan fingerprint density at radius 3 is 2.35 bits per heavy atom. The van der Waals surface area contributed by atoms with Gasteiger partial charge in [0.2, 0.25) is 0 Å². The number of nitrogens with zero attached hydrogens (tertiary/aromatic N) is 2.